The highest BCUT2D eigenvalue weighted by atomic mass is 16.5. The van der Waals surface area contributed by atoms with E-state index in [0.717, 1.165) is 30.1 Å². The maximum atomic E-state index is 12.4. The molecule has 2 amide bonds. The van der Waals surface area contributed by atoms with Crippen LogP contribution in [-0.2, 0) is 6.54 Å². The lowest BCUT2D eigenvalue weighted by atomic mass is 10.1. The average molecular weight is 353 g/mol. The fraction of sp³-hybridized carbons (Fsp3) is 0.381. The third kappa shape index (κ3) is 4.28. The van der Waals surface area contributed by atoms with Crippen molar-refractivity contribution in [1.82, 2.24) is 10.2 Å². The monoisotopic (exact) mass is 353 g/mol. The van der Waals surface area contributed by atoms with Gasteiger partial charge in [0, 0.05) is 32.7 Å². The molecule has 1 aliphatic heterocycles. The fourth-order valence-corrected chi connectivity index (χ4v) is 3.31. The predicted octanol–water partition coefficient (Wildman–Crippen LogP) is 3.34. The van der Waals surface area contributed by atoms with E-state index in [4.69, 9.17) is 4.74 Å². The molecule has 1 aliphatic rings. The molecule has 5 heteroatoms. The molecular weight excluding hydrogens is 326 g/mol. The van der Waals surface area contributed by atoms with Gasteiger partial charge < -0.3 is 19.9 Å². The van der Waals surface area contributed by atoms with Crippen LogP contribution in [0.4, 0.5) is 10.5 Å². The van der Waals surface area contributed by atoms with Crippen molar-refractivity contribution in [3.63, 3.8) is 0 Å². The van der Waals surface area contributed by atoms with E-state index in [1.807, 2.05) is 23.1 Å². The van der Waals surface area contributed by atoms with Gasteiger partial charge in [-0.3, -0.25) is 0 Å². The van der Waals surface area contributed by atoms with Gasteiger partial charge in [0.05, 0.1) is 12.8 Å². The Balaban J connectivity index is 1.55. The summed E-state index contributed by atoms with van der Waals surface area (Å²) in [5, 5.41) is 3.03. The number of hydrogen-bond donors (Lipinski definition) is 1. The molecule has 0 atom stereocenters. The number of rotatable bonds is 4. The summed E-state index contributed by atoms with van der Waals surface area (Å²) in [5.74, 6) is 0.882. The third-order valence-electron chi connectivity index (χ3n) is 4.77. The predicted molar refractivity (Wildman–Crippen MR) is 105 cm³/mol. The van der Waals surface area contributed by atoms with E-state index in [1.165, 1.54) is 11.1 Å². The Morgan fingerprint density at radius 1 is 1.04 bits per heavy atom. The van der Waals surface area contributed by atoms with Crippen molar-refractivity contribution in [3.05, 3.63) is 59.2 Å². The Morgan fingerprint density at radius 2 is 1.77 bits per heavy atom. The van der Waals surface area contributed by atoms with E-state index in [9.17, 15) is 4.79 Å². The minimum atomic E-state index is 0.00219. The van der Waals surface area contributed by atoms with Crippen molar-refractivity contribution < 1.29 is 9.53 Å². The summed E-state index contributed by atoms with van der Waals surface area (Å²) in [4.78, 5) is 16.6. The number of amides is 2. The molecule has 0 aromatic heterocycles. The lowest BCUT2D eigenvalue weighted by Gasteiger charge is -2.36. The zero-order valence-corrected chi connectivity index (χ0v) is 15.8. The van der Waals surface area contributed by atoms with Crippen LogP contribution in [0.3, 0.4) is 0 Å². The van der Waals surface area contributed by atoms with Crippen LogP contribution in [-0.4, -0.2) is 44.2 Å². The molecule has 0 radical (unpaired) electrons. The minimum Gasteiger partial charge on any atom is -0.495 e. The maximum absolute atomic E-state index is 12.4. The number of urea groups is 1. The summed E-state index contributed by atoms with van der Waals surface area (Å²) < 4.78 is 5.49. The second kappa shape index (κ2) is 8.13. The SMILES string of the molecule is COc1ccc(C)cc1N1CCN(C(=O)NCc2cccc(C)c2)CC1. The van der Waals surface area contributed by atoms with Gasteiger partial charge in [-0.15, -0.1) is 0 Å². The number of anilines is 1. The number of piperazine rings is 1. The number of aryl methyl sites for hydroxylation is 2. The Hall–Kier alpha value is -2.69. The van der Waals surface area contributed by atoms with Crippen molar-refractivity contribution in [3.8, 4) is 5.75 Å². The van der Waals surface area contributed by atoms with Crippen molar-refractivity contribution in [2.75, 3.05) is 38.2 Å². The van der Waals surface area contributed by atoms with Gasteiger partial charge in [0.1, 0.15) is 5.75 Å². The number of methoxy groups -OCH3 is 1. The number of nitrogens with one attached hydrogen (secondary N) is 1. The highest BCUT2D eigenvalue weighted by molar-refractivity contribution is 5.74. The molecule has 0 aliphatic carbocycles. The lowest BCUT2D eigenvalue weighted by molar-refractivity contribution is 0.194. The number of hydrogen-bond acceptors (Lipinski definition) is 3. The fourth-order valence-electron chi connectivity index (χ4n) is 3.31. The van der Waals surface area contributed by atoms with Crippen LogP contribution in [0.5, 0.6) is 5.75 Å². The third-order valence-corrected chi connectivity index (χ3v) is 4.77. The first-order valence-electron chi connectivity index (χ1n) is 9.05. The van der Waals surface area contributed by atoms with Gasteiger partial charge in [-0.05, 0) is 37.1 Å². The first-order chi connectivity index (χ1) is 12.6. The molecule has 1 fully saturated rings. The molecule has 0 unspecified atom stereocenters. The molecule has 1 saturated heterocycles. The van der Waals surface area contributed by atoms with Gasteiger partial charge in [0.15, 0.2) is 0 Å². The van der Waals surface area contributed by atoms with Crippen LogP contribution in [0.2, 0.25) is 0 Å². The number of carbonyl (C=O) groups excluding carboxylic acids is 1. The van der Waals surface area contributed by atoms with E-state index in [1.54, 1.807) is 7.11 Å². The smallest absolute Gasteiger partial charge is 0.317 e. The second-order valence-corrected chi connectivity index (χ2v) is 6.80. The van der Waals surface area contributed by atoms with Gasteiger partial charge in [-0.25, -0.2) is 4.79 Å². The number of ether oxygens (including phenoxy) is 1. The Bertz CT molecular complexity index is 768. The zero-order valence-electron chi connectivity index (χ0n) is 15.8. The molecular formula is C21H27N3O2. The van der Waals surface area contributed by atoms with E-state index in [2.05, 4.69) is 48.3 Å². The topological polar surface area (TPSA) is 44.8 Å². The van der Waals surface area contributed by atoms with Gasteiger partial charge in [-0.1, -0.05) is 35.9 Å². The van der Waals surface area contributed by atoms with Crippen LogP contribution >= 0.6 is 0 Å². The highest BCUT2D eigenvalue weighted by Gasteiger charge is 2.22. The van der Waals surface area contributed by atoms with E-state index < -0.39 is 0 Å². The lowest BCUT2D eigenvalue weighted by Crippen LogP contribution is -2.51. The molecule has 26 heavy (non-hydrogen) atoms. The standard InChI is InChI=1S/C21H27N3O2/c1-16-5-4-6-18(13-16)15-22-21(25)24-11-9-23(10-12-24)19-14-17(2)7-8-20(19)26-3/h4-8,13-14H,9-12,15H2,1-3H3,(H,22,25). The van der Waals surface area contributed by atoms with E-state index >= 15 is 0 Å². The van der Waals surface area contributed by atoms with Crippen molar-refractivity contribution in [2.45, 2.75) is 20.4 Å². The van der Waals surface area contributed by atoms with Gasteiger partial charge >= 0.3 is 6.03 Å². The van der Waals surface area contributed by atoms with Crippen molar-refractivity contribution >= 4 is 11.7 Å². The van der Waals surface area contributed by atoms with E-state index in [0.29, 0.717) is 19.6 Å². The molecule has 0 spiro atoms. The summed E-state index contributed by atoms with van der Waals surface area (Å²) in [6.07, 6.45) is 0. The van der Waals surface area contributed by atoms with E-state index in [-0.39, 0.29) is 6.03 Å². The Labute approximate surface area is 155 Å². The number of benzene rings is 2. The Morgan fingerprint density at radius 3 is 2.46 bits per heavy atom. The van der Waals surface area contributed by atoms with Gasteiger partial charge in [-0.2, -0.15) is 0 Å². The minimum absolute atomic E-state index is 0.00219. The number of nitrogens with zero attached hydrogens (tertiary/aromatic N) is 2. The molecule has 1 heterocycles. The summed E-state index contributed by atoms with van der Waals surface area (Å²) >= 11 is 0. The van der Waals surface area contributed by atoms with Gasteiger partial charge in [0.2, 0.25) is 0 Å². The van der Waals surface area contributed by atoms with Crippen molar-refractivity contribution in [2.24, 2.45) is 0 Å². The first-order valence-corrected chi connectivity index (χ1v) is 9.05. The molecule has 0 saturated carbocycles. The summed E-state index contributed by atoms with van der Waals surface area (Å²) in [7, 11) is 1.70. The second-order valence-electron chi connectivity index (χ2n) is 6.80. The highest BCUT2D eigenvalue weighted by Crippen LogP contribution is 2.30. The molecule has 2 aromatic carbocycles. The normalized spacial score (nSPS) is 14.3. The number of carbonyl (C=O) groups is 1. The van der Waals surface area contributed by atoms with Crippen molar-refractivity contribution in [1.29, 1.82) is 0 Å². The molecule has 138 valence electrons. The Kier molecular flexibility index (Phi) is 5.66. The maximum Gasteiger partial charge on any atom is 0.317 e. The summed E-state index contributed by atoms with van der Waals surface area (Å²) in [5.41, 5.74) is 4.64. The van der Waals surface area contributed by atoms with Crippen LogP contribution in [0, 0.1) is 13.8 Å². The van der Waals surface area contributed by atoms with Crippen LogP contribution in [0.15, 0.2) is 42.5 Å². The molecule has 2 aromatic rings. The largest absolute Gasteiger partial charge is 0.495 e. The van der Waals surface area contributed by atoms with Crippen LogP contribution < -0.4 is 15.0 Å². The van der Waals surface area contributed by atoms with Gasteiger partial charge in [0.25, 0.3) is 0 Å². The first kappa shape index (κ1) is 18.1. The van der Waals surface area contributed by atoms with Crippen LogP contribution in [0.25, 0.3) is 0 Å². The quantitative estimate of drug-likeness (QED) is 0.917. The average Bonchev–Trinajstić information content (AvgIpc) is 2.66. The molecule has 5 nitrogen and oxygen atoms in total. The summed E-state index contributed by atoms with van der Waals surface area (Å²) in [6, 6.07) is 14.4. The molecule has 3 rings (SSSR count). The van der Waals surface area contributed by atoms with Crippen LogP contribution in [0.1, 0.15) is 16.7 Å². The summed E-state index contributed by atoms with van der Waals surface area (Å²) in [6.45, 7) is 7.72. The zero-order chi connectivity index (χ0) is 18.5. The molecule has 0 bridgehead atoms. The molecule has 1 N–H and O–H groups in total.